The first kappa shape index (κ1) is 17.9. The minimum absolute atomic E-state index is 0.00271. The monoisotopic (exact) mass is 262 g/mol. The molecule has 1 heteroatoms. The Morgan fingerprint density at radius 2 is 1.47 bits per heavy atom. The van der Waals surface area contributed by atoms with Gasteiger partial charge in [0.1, 0.15) is 5.78 Å². The molecule has 0 saturated carbocycles. The highest BCUT2D eigenvalue weighted by Gasteiger charge is 2.16. The maximum absolute atomic E-state index is 11.4. The van der Waals surface area contributed by atoms with E-state index in [-0.39, 0.29) is 5.41 Å². The van der Waals surface area contributed by atoms with Gasteiger partial charge < -0.3 is 0 Å². The summed E-state index contributed by atoms with van der Waals surface area (Å²) in [5.74, 6) is 0.346. The number of carbonyl (C=O) groups excluding carboxylic acids is 1. The number of carbonyl (C=O) groups is 1. The van der Waals surface area contributed by atoms with Gasteiger partial charge in [-0.1, -0.05) is 57.2 Å². The summed E-state index contributed by atoms with van der Waals surface area (Å²) in [6.45, 7) is 8.24. The molecule has 0 aromatic rings. The lowest BCUT2D eigenvalue weighted by Gasteiger charge is -2.18. The third-order valence-corrected chi connectivity index (χ3v) is 3.02. The van der Waals surface area contributed by atoms with Gasteiger partial charge >= 0.3 is 0 Å². The Morgan fingerprint density at radius 3 is 2.00 bits per heavy atom. The van der Waals surface area contributed by atoms with Crippen molar-refractivity contribution in [2.75, 3.05) is 0 Å². The van der Waals surface area contributed by atoms with Gasteiger partial charge in [0.05, 0.1) is 0 Å². The Balaban J connectivity index is 3.80. The average molecular weight is 262 g/mol. The molecule has 0 N–H and O–H groups in total. The number of rotatable bonds is 10. The second-order valence-corrected chi connectivity index (χ2v) is 5.66. The van der Waals surface area contributed by atoms with E-state index in [1.54, 1.807) is 0 Å². The van der Waals surface area contributed by atoms with E-state index in [0.717, 1.165) is 25.7 Å². The van der Waals surface area contributed by atoms with Gasteiger partial charge in [0.15, 0.2) is 0 Å². The molecule has 108 valence electrons. The Morgan fingerprint density at radius 1 is 0.947 bits per heavy atom. The van der Waals surface area contributed by atoms with Crippen molar-refractivity contribution in [2.45, 2.75) is 66.2 Å². The summed E-state index contributed by atoms with van der Waals surface area (Å²) < 4.78 is 0. The van der Waals surface area contributed by atoms with E-state index in [2.05, 4.69) is 57.2 Å². The van der Waals surface area contributed by atoms with Crippen molar-refractivity contribution in [3.63, 3.8) is 0 Å². The molecule has 0 unspecified atom stereocenters. The van der Waals surface area contributed by atoms with E-state index in [0.29, 0.717) is 18.6 Å². The lowest BCUT2D eigenvalue weighted by Crippen LogP contribution is -2.13. The fourth-order valence-electron chi connectivity index (χ4n) is 1.88. The van der Waals surface area contributed by atoms with Crippen LogP contribution in [0.5, 0.6) is 0 Å². The molecule has 0 spiro atoms. The molecule has 0 bridgehead atoms. The predicted octanol–water partition coefficient (Wildman–Crippen LogP) is 5.63. The van der Waals surface area contributed by atoms with E-state index in [1.807, 2.05) is 6.92 Å². The largest absolute Gasteiger partial charge is 0.300 e. The van der Waals surface area contributed by atoms with Gasteiger partial charge in [0.25, 0.3) is 0 Å². The fourth-order valence-corrected chi connectivity index (χ4v) is 1.88. The normalized spacial score (nSPS) is 13.1. The molecule has 0 radical (unpaired) electrons. The molecule has 1 nitrogen and oxygen atoms in total. The molecule has 0 aliphatic rings. The summed E-state index contributed by atoms with van der Waals surface area (Å²) >= 11 is 0. The lowest BCUT2D eigenvalue weighted by atomic mass is 9.86. The highest BCUT2D eigenvalue weighted by molar-refractivity contribution is 5.78. The van der Waals surface area contributed by atoms with Crippen LogP contribution in [-0.2, 0) is 4.79 Å². The van der Waals surface area contributed by atoms with Gasteiger partial charge in [-0.05, 0) is 38.0 Å². The zero-order chi connectivity index (χ0) is 14.6. The predicted molar refractivity (Wildman–Crippen MR) is 85.3 cm³/mol. The Kier molecular flexibility index (Phi) is 10.1. The Hall–Kier alpha value is -1.11. The number of ketones is 1. The minimum Gasteiger partial charge on any atom is -0.300 e. The van der Waals surface area contributed by atoms with Crippen molar-refractivity contribution in [3.8, 4) is 0 Å². The molecule has 0 saturated heterocycles. The van der Waals surface area contributed by atoms with Crippen molar-refractivity contribution >= 4 is 5.78 Å². The molecule has 0 heterocycles. The molecule has 0 fully saturated rings. The minimum atomic E-state index is 0.00271. The number of Topliss-reactive ketones (excluding diaryl/α,β-unsaturated/α-hetero) is 1. The summed E-state index contributed by atoms with van der Waals surface area (Å²) in [6.07, 6.45) is 18.9. The highest BCUT2D eigenvalue weighted by Crippen LogP contribution is 2.23. The Labute approximate surface area is 119 Å². The van der Waals surface area contributed by atoms with Crippen LogP contribution in [0.2, 0.25) is 0 Å². The standard InChI is InChI=1S/C18H30O/c1-5-7-8-9-10-11-12-13-14-15-18(3,4)16-17(19)6-2/h5,7,10-11,14-15H,6,8-9,12-13,16H2,1-4H3/b7-5+,11-10+,15-14+. The molecule has 0 atom stereocenters. The zero-order valence-corrected chi connectivity index (χ0v) is 13.1. The summed E-state index contributed by atoms with van der Waals surface area (Å²) in [7, 11) is 0. The van der Waals surface area contributed by atoms with Gasteiger partial charge in [-0.15, -0.1) is 0 Å². The second-order valence-electron chi connectivity index (χ2n) is 5.66. The topological polar surface area (TPSA) is 17.1 Å². The molecule has 0 rings (SSSR count). The van der Waals surface area contributed by atoms with Crippen LogP contribution in [0.1, 0.15) is 66.2 Å². The number of allylic oxidation sites excluding steroid dienone is 6. The Bertz CT molecular complexity index is 319. The van der Waals surface area contributed by atoms with Crippen LogP contribution < -0.4 is 0 Å². The summed E-state index contributed by atoms with van der Waals surface area (Å²) in [5, 5.41) is 0. The van der Waals surface area contributed by atoms with E-state index in [1.165, 1.54) is 0 Å². The number of hydrogen-bond acceptors (Lipinski definition) is 1. The van der Waals surface area contributed by atoms with Crippen molar-refractivity contribution in [1.82, 2.24) is 0 Å². The molecular formula is C18H30O. The number of unbranched alkanes of at least 4 members (excludes halogenated alkanes) is 2. The SMILES string of the molecule is C/C=C/CC/C=C/CC/C=C/C(C)(C)CC(=O)CC. The summed E-state index contributed by atoms with van der Waals surface area (Å²) in [5.41, 5.74) is 0.00271. The van der Waals surface area contributed by atoms with Crippen LogP contribution >= 0.6 is 0 Å². The molecular weight excluding hydrogens is 232 g/mol. The van der Waals surface area contributed by atoms with Gasteiger partial charge in [-0.3, -0.25) is 4.79 Å². The zero-order valence-electron chi connectivity index (χ0n) is 13.1. The van der Waals surface area contributed by atoms with Crippen LogP contribution in [0.4, 0.5) is 0 Å². The van der Waals surface area contributed by atoms with Gasteiger partial charge in [0, 0.05) is 12.8 Å². The van der Waals surface area contributed by atoms with Gasteiger partial charge in [-0.2, -0.15) is 0 Å². The maximum Gasteiger partial charge on any atom is 0.133 e. The third-order valence-electron chi connectivity index (χ3n) is 3.02. The van der Waals surface area contributed by atoms with Crippen LogP contribution in [0.3, 0.4) is 0 Å². The van der Waals surface area contributed by atoms with Crippen LogP contribution in [0.15, 0.2) is 36.5 Å². The van der Waals surface area contributed by atoms with E-state index in [4.69, 9.17) is 0 Å². The van der Waals surface area contributed by atoms with Crippen LogP contribution in [0, 0.1) is 5.41 Å². The third kappa shape index (κ3) is 11.7. The molecule has 19 heavy (non-hydrogen) atoms. The molecule has 0 aliphatic heterocycles. The van der Waals surface area contributed by atoms with E-state index >= 15 is 0 Å². The molecule has 0 aliphatic carbocycles. The highest BCUT2D eigenvalue weighted by atomic mass is 16.1. The summed E-state index contributed by atoms with van der Waals surface area (Å²) in [4.78, 5) is 11.4. The van der Waals surface area contributed by atoms with E-state index < -0.39 is 0 Å². The van der Waals surface area contributed by atoms with Crippen LogP contribution in [-0.4, -0.2) is 5.78 Å². The van der Waals surface area contributed by atoms with Crippen molar-refractivity contribution in [1.29, 1.82) is 0 Å². The lowest BCUT2D eigenvalue weighted by molar-refractivity contribution is -0.120. The first-order valence-corrected chi connectivity index (χ1v) is 7.47. The first-order valence-electron chi connectivity index (χ1n) is 7.47. The average Bonchev–Trinajstić information content (AvgIpc) is 2.36. The van der Waals surface area contributed by atoms with E-state index in [9.17, 15) is 4.79 Å². The van der Waals surface area contributed by atoms with Crippen LogP contribution in [0.25, 0.3) is 0 Å². The van der Waals surface area contributed by atoms with Gasteiger partial charge in [-0.25, -0.2) is 0 Å². The van der Waals surface area contributed by atoms with Crippen molar-refractivity contribution in [3.05, 3.63) is 36.5 Å². The first-order chi connectivity index (χ1) is 9.02. The second kappa shape index (κ2) is 10.8. The van der Waals surface area contributed by atoms with Crippen molar-refractivity contribution < 1.29 is 4.79 Å². The van der Waals surface area contributed by atoms with Gasteiger partial charge in [0.2, 0.25) is 0 Å². The summed E-state index contributed by atoms with van der Waals surface area (Å²) in [6, 6.07) is 0. The van der Waals surface area contributed by atoms with Crippen molar-refractivity contribution in [2.24, 2.45) is 5.41 Å². The fraction of sp³-hybridized carbons (Fsp3) is 0.611. The number of hydrogen-bond donors (Lipinski definition) is 0. The molecule has 0 aromatic heterocycles. The maximum atomic E-state index is 11.4. The molecule has 0 amide bonds. The molecule has 0 aromatic carbocycles. The quantitative estimate of drug-likeness (QED) is 0.368. The smallest absolute Gasteiger partial charge is 0.133 e.